The molecule has 4 rings (SSSR count). The fraction of sp³-hybridized carbons (Fsp3) is 0.462. The van der Waals surface area contributed by atoms with Gasteiger partial charge >= 0.3 is 0 Å². The highest BCUT2D eigenvalue weighted by Crippen LogP contribution is 2.37. The molecule has 1 heterocycles. The van der Waals surface area contributed by atoms with Gasteiger partial charge in [0.05, 0.1) is 6.61 Å². The van der Waals surface area contributed by atoms with Gasteiger partial charge in [-0.25, -0.2) is 5.90 Å². The Kier molecular flexibility index (Phi) is 8.22. The van der Waals surface area contributed by atoms with Crippen LogP contribution in [0.3, 0.4) is 0 Å². The maximum absolute atomic E-state index is 12.9. The first-order chi connectivity index (χ1) is 17.0. The van der Waals surface area contributed by atoms with E-state index in [2.05, 4.69) is 17.1 Å². The van der Waals surface area contributed by atoms with Gasteiger partial charge in [0.25, 0.3) is 11.8 Å². The van der Waals surface area contributed by atoms with E-state index in [-0.39, 0.29) is 6.54 Å². The third kappa shape index (κ3) is 6.50. The highest BCUT2D eigenvalue weighted by Gasteiger charge is 2.37. The average molecular weight is 483 g/mol. The summed E-state index contributed by atoms with van der Waals surface area (Å²) in [6.45, 7) is 5.28. The number of aliphatic hydroxyl groups is 1. The summed E-state index contributed by atoms with van der Waals surface area (Å²) in [5.74, 6) is 6.25. The first-order valence-electron chi connectivity index (χ1n) is 12.1. The van der Waals surface area contributed by atoms with Gasteiger partial charge in [-0.3, -0.25) is 14.4 Å². The minimum absolute atomic E-state index is 0.192. The zero-order valence-electron chi connectivity index (χ0n) is 20.0. The van der Waals surface area contributed by atoms with Crippen LogP contribution >= 0.6 is 0 Å². The zero-order chi connectivity index (χ0) is 24.8. The van der Waals surface area contributed by atoms with Crippen molar-refractivity contribution in [3.63, 3.8) is 0 Å². The normalized spacial score (nSPS) is 21.2. The van der Waals surface area contributed by atoms with Crippen molar-refractivity contribution in [1.82, 2.24) is 10.2 Å². The lowest BCUT2D eigenvalue weighted by Crippen LogP contribution is -2.57. The second kappa shape index (κ2) is 11.5. The van der Waals surface area contributed by atoms with Crippen LogP contribution < -0.4 is 20.9 Å². The van der Waals surface area contributed by atoms with E-state index < -0.39 is 24.0 Å². The van der Waals surface area contributed by atoms with Crippen molar-refractivity contribution in [3.8, 4) is 5.75 Å². The van der Waals surface area contributed by atoms with Crippen molar-refractivity contribution in [2.24, 2.45) is 17.7 Å². The van der Waals surface area contributed by atoms with Crippen LogP contribution in [0.5, 0.6) is 5.75 Å². The number of hydrogen-bond donors (Lipinski definition) is 3. The number of amides is 2. The van der Waals surface area contributed by atoms with Gasteiger partial charge < -0.3 is 25.0 Å². The Balaban J connectivity index is 1.23. The number of nitrogens with two attached hydrogens (primary N) is 1. The van der Waals surface area contributed by atoms with Crippen LogP contribution in [0, 0.1) is 11.8 Å². The number of nitrogens with one attached hydrogen (secondary N) is 1. The van der Waals surface area contributed by atoms with Crippen LogP contribution in [0.2, 0.25) is 0 Å². The van der Waals surface area contributed by atoms with Crippen LogP contribution in [0.25, 0.3) is 0 Å². The Morgan fingerprint density at radius 2 is 1.74 bits per heavy atom. The summed E-state index contributed by atoms with van der Waals surface area (Å²) in [6.07, 6.45) is -1.98. The molecule has 0 bridgehead atoms. The quantitative estimate of drug-likeness (QED) is 0.437. The number of aliphatic hydroxyl groups excluding tert-OH is 1. The summed E-state index contributed by atoms with van der Waals surface area (Å²) in [5.41, 5.74) is 1.93. The molecule has 1 saturated carbocycles. The minimum Gasteiger partial charge on any atom is -0.493 e. The van der Waals surface area contributed by atoms with Gasteiger partial charge in [0.1, 0.15) is 5.75 Å². The first-order valence-corrected chi connectivity index (χ1v) is 12.1. The Hall–Kier alpha value is -3.14. The molecule has 1 aliphatic carbocycles. The molecule has 2 aromatic rings. The van der Waals surface area contributed by atoms with Gasteiger partial charge in [0.2, 0.25) is 0 Å². The number of para-hydroxylation sites is 1. The second-order valence-electron chi connectivity index (χ2n) is 9.30. The van der Waals surface area contributed by atoms with Gasteiger partial charge in [0.15, 0.2) is 12.2 Å². The Labute approximate surface area is 205 Å². The van der Waals surface area contributed by atoms with E-state index in [1.807, 2.05) is 54.6 Å². The molecule has 0 radical (unpaired) electrons. The lowest BCUT2D eigenvalue weighted by Gasteiger charge is -2.37. The number of ether oxygens (including phenoxy) is 1. The predicted octanol–water partition coefficient (Wildman–Crippen LogP) is 1.31. The Morgan fingerprint density at radius 1 is 1.09 bits per heavy atom. The van der Waals surface area contributed by atoms with Crippen molar-refractivity contribution in [2.75, 3.05) is 37.7 Å². The summed E-state index contributed by atoms with van der Waals surface area (Å²) >= 11 is 0. The summed E-state index contributed by atoms with van der Waals surface area (Å²) in [5, 5.41) is 13.1. The lowest BCUT2D eigenvalue weighted by atomic mass is 10.1. The smallest absolute Gasteiger partial charge is 0.257 e. The second-order valence-corrected chi connectivity index (χ2v) is 9.30. The van der Waals surface area contributed by atoms with Crippen molar-refractivity contribution in [2.45, 2.75) is 32.1 Å². The van der Waals surface area contributed by atoms with E-state index in [1.54, 1.807) is 4.90 Å². The molecule has 2 aromatic carbocycles. The standard InChI is InChI=1S/C26H34N4O5/c1-18-15-20(18)17-34-22-9-7-19(8-10-22)16-28-25(32)23(31)24(35-27)26(33)30-13-11-29(12-14-30)21-5-3-2-4-6-21/h2-10,18,20,23-24,31H,11-17,27H2,1H3,(H,28,32)/t18?,20?,23?,24-/m1/s1. The van der Waals surface area contributed by atoms with E-state index in [0.717, 1.165) is 29.5 Å². The molecule has 2 fully saturated rings. The van der Waals surface area contributed by atoms with E-state index in [4.69, 9.17) is 15.5 Å². The van der Waals surface area contributed by atoms with E-state index in [9.17, 15) is 14.7 Å². The molecule has 4 N–H and O–H groups in total. The van der Waals surface area contributed by atoms with Crippen molar-refractivity contribution < 1.29 is 24.3 Å². The molecule has 0 spiro atoms. The molecular weight excluding hydrogens is 448 g/mol. The van der Waals surface area contributed by atoms with Gasteiger partial charge in [-0.15, -0.1) is 0 Å². The molecule has 188 valence electrons. The molecule has 35 heavy (non-hydrogen) atoms. The monoisotopic (exact) mass is 482 g/mol. The molecule has 9 heteroatoms. The van der Waals surface area contributed by atoms with Crippen molar-refractivity contribution in [1.29, 1.82) is 0 Å². The van der Waals surface area contributed by atoms with Crippen LogP contribution in [-0.2, 0) is 21.0 Å². The number of benzene rings is 2. The van der Waals surface area contributed by atoms with Crippen LogP contribution in [0.4, 0.5) is 5.69 Å². The number of piperazine rings is 1. The molecular formula is C26H34N4O5. The number of hydrogen-bond acceptors (Lipinski definition) is 7. The van der Waals surface area contributed by atoms with Crippen LogP contribution in [0.1, 0.15) is 18.9 Å². The largest absolute Gasteiger partial charge is 0.493 e. The molecule has 0 aromatic heterocycles. The summed E-state index contributed by atoms with van der Waals surface area (Å²) in [4.78, 5) is 33.9. The molecule has 2 amide bonds. The van der Waals surface area contributed by atoms with E-state index >= 15 is 0 Å². The number of rotatable bonds is 10. The highest BCUT2D eigenvalue weighted by molar-refractivity contribution is 5.91. The topological polar surface area (TPSA) is 117 Å². The molecule has 2 aliphatic rings. The Bertz CT molecular complexity index is 979. The molecule has 3 unspecified atom stereocenters. The van der Waals surface area contributed by atoms with Crippen LogP contribution in [-0.4, -0.2) is 66.8 Å². The fourth-order valence-electron chi connectivity index (χ4n) is 4.24. The third-order valence-electron chi connectivity index (χ3n) is 6.79. The average Bonchev–Trinajstić information content (AvgIpc) is 3.62. The maximum atomic E-state index is 12.9. The first kappa shape index (κ1) is 25.0. The van der Waals surface area contributed by atoms with Gasteiger partial charge in [0, 0.05) is 38.4 Å². The predicted molar refractivity (Wildman–Crippen MR) is 131 cm³/mol. The fourth-order valence-corrected chi connectivity index (χ4v) is 4.24. The summed E-state index contributed by atoms with van der Waals surface area (Å²) in [7, 11) is 0. The molecule has 4 atom stereocenters. The van der Waals surface area contributed by atoms with Gasteiger partial charge in [-0.2, -0.15) is 0 Å². The maximum Gasteiger partial charge on any atom is 0.257 e. The van der Waals surface area contributed by atoms with E-state index in [0.29, 0.717) is 32.1 Å². The summed E-state index contributed by atoms with van der Waals surface area (Å²) in [6, 6.07) is 17.4. The highest BCUT2D eigenvalue weighted by atomic mass is 16.6. The molecule has 1 saturated heterocycles. The minimum atomic E-state index is -1.72. The zero-order valence-corrected chi connectivity index (χ0v) is 20.0. The van der Waals surface area contributed by atoms with Gasteiger partial charge in [-0.05, 0) is 48.1 Å². The third-order valence-corrected chi connectivity index (χ3v) is 6.79. The van der Waals surface area contributed by atoms with Crippen molar-refractivity contribution >= 4 is 17.5 Å². The number of anilines is 1. The number of nitrogens with zero attached hydrogens (tertiary/aromatic N) is 2. The molecule has 9 nitrogen and oxygen atoms in total. The van der Waals surface area contributed by atoms with Crippen LogP contribution in [0.15, 0.2) is 54.6 Å². The van der Waals surface area contributed by atoms with E-state index in [1.165, 1.54) is 6.42 Å². The molecule has 1 aliphatic heterocycles. The SMILES string of the molecule is CC1CC1COc1ccc(CNC(=O)C(O)[C@@H](ON)C(=O)N2CCN(c3ccccc3)CC2)cc1. The lowest BCUT2D eigenvalue weighted by molar-refractivity contribution is -0.159. The summed E-state index contributed by atoms with van der Waals surface area (Å²) < 4.78 is 5.78. The number of carbonyl (C=O) groups is 2. The number of carbonyl (C=O) groups excluding carboxylic acids is 2. The van der Waals surface area contributed by atoms with Gasteiger partial charge in [-0.1, -0.05) is 37.3 Å². The Morgan fingerprint density at radius 3 is 2.34 bits per heavy atom. The van der Waals surface area contributed by atoms with Crippen molar-refractivity contribution in [3.05, 3.63) is 60.2 Å².